The molecule has 2 aromatic heterocycles. The number of hydrogen-bond donors (Lipinski definition) is 1. The summed E-state index contributed by atoms with van der Waals surface area (Å²) in [7, 11) is 0. The summed E-state index contributed by atoms with van der Waals surface area (Å²) in [5.74, 6) is -0.307. The van der Waals surface area contributed by atoms with E-state index in [4.69, 9.17) is 15.3 Å². The molecule has 2 rings (SSSR count). The van der Waals surface area contributed by atoms with Gasteiger partial charge in [0.05, 0.1) is 16.1 Å². The van der Waals surface area contributed by atoms with Crippen molar-refractivity contribution in [1.82, 2.24) is 0 Å². The molecule has 0 fully saturated rings. The van der Waals surface area contributed by atoms with E-state index in [-0.39, 0.29) is 11.4 Å². The topological polar surface area (TPSA) is 134 Å². The molecule has 1 N–H and O–H groups in total. The number of aromatic hydroxyl groups is 1. The molecule has 9 heteroatoms. The van der Waals surface area contributed by atoms with Gasteiger partial charge >= 0.3 is 5.69 Å². The molecule has 0 aliphatic rings. The molecule has 0 spiro atoms. The predicted molar refractivity (Wildman–Crippen MR) is 58.3 cm³/mol. The van der Waals surface area contributed by atoms with Gasteiger partial charge in [-0.05, 0) is 6.07 Å². The van der Waals surface area contributed by atoms with Crippen molar-refractivity contribution in [3.63, 3.8) is 0 Å². The first-order chi connectivity index (χ1) is 8.43. The molecule has 94 valence electrons. The van der Waals surface area contributed by atoms with Crippen LogP contribution in [0.5, 0.6) is 5.75 Å². The van der Waals surface area contributed by atoms with Crippen molar-refractivity contribution in [1.29, 1.82) is 0 Å². The fraction of sp³-hybridized carbons (Fsp3) is 0. The van der Waals surface area contributed by atoms with Crippen LogP contribution in [0.25, 0.3) is 5.52 Å². The van der Waals surface area contributed by atoms with Gasteiger partial charge in [-0.2, -0.15) is 4.40 Å². The second-order valence-electron chi connectivity index (χ2n) is 3.02. The molecule has 9 nitrogen and oxygen atoms in total. The van der Waals surface area contributed by atoms with Gasteiger partial charge in [-0.1, -0.05) is 0 Å². The quantitative estimate of drug-likeness (QED) is 0.453. The van der Waals surface area contributed by atoms with E-state index < -0.39 is 10.0 Å². The highest BCUT2D eigenvalue weighted by atomic mass is 16.9. The minimum absolute atomic E-state index is 0.281. The Kier molecular flexibility index (Phi) is 3.92. The van der Waals surface area contributed by atoms with Crippen LogP contribution in [0.2, 0.25) is 0 Å². The number of hydrogen-bond acceptors (Lipinski definition) is 6. The molecule has 0 saturated carbocycles. The van der Waals surface area contributed by atoms with Crippen molar-refractivity contribution >= 4 is 11.2 Å². The third-order valence-electron chi connectivity index (χ3n) is 1.96. The zero-order chi connectivity index (χ0) is 13.7. The van der Waals surface area contributed by atoms with Crippen LogP contribution in [0.15, 0.2) is 36.7 Å². The number of fused-ring (bicyclic) bond motifs is 1. The Balaban J connectivity index is 0.000000357. The molecule has 0 aliphatic heterocycles. The molecule has 0 aliphatic carbocycles. The largest absolute Gasteiger partial charge is 0.497 e. The van der Waals surface area contributed by atoms with E-state index in [2.05, 4.69) is 0 Å². The second-order valence-corrected chi connectivity index (χ2v) is 3.02. The summed E-state index contributed by atoms with van der Waals surface area (Å²) in [6.07, 6.45) is 3.24. The molecule has 18 heavy (non-hydrogen) atoms. The zero-order valence-corrected chi connectivity index (χ0v) is 8.79. The van der Waals surface area contributed by atoms with Crippen LogP contribution >= 0.6 is 0 Å². The summed E-state index contributed by atoms with van der Waals surface area (Å²) in [6.45, 7) is 0. The van der Waals surface area contributed by atoms with Gasteiger partial charge in [0, 0.05) is 12.1 Å². The van der Waals surface area contributed by atoms with E-state index in [1.54, 1.807) is 28.8 Å². The van der Waals surface area contributed by atoms with Gasteiger partial charge in [-0.25, -0.2) is 0 Å². The third kappa shape index (κ3) is 3.01. The Morgan fingerprint density at radius 2 is 1.67 bits per heavy atom. The van der Waals surface area contributed by atoms with Crippen molar-refractivity contribution in [3.05, 3.63) is 62.1 Å². The number of rotatable bonds is 1. The van der Waals surface area contributed by atoms with Crippen molar-refractivity contribution in [2.75, 3.05) is 0 Å². The lowest BCUT2D eigenvalue weighted by atomic mass is 10.3. The van der Waals surface area contributed by atoms with Gasteiger partial charge in [0.25, 0.3) is 11.3 Å². The Hall–Kier alpha value is -2.97. The Bertz CT molecular complexity index is 596. The highest BCUT2D eigenvalue weighted by Crippen LogP contribution is 2.26. The van der Waals surface area contributed by atoms with E-state index in [1.807, 2.05) is 0 Å². The van der Waals surface area contributed by atoms with Gasteiger partial charge in [0.15, 0.2) is 12.4 Å². The van der Waals surface area contributed by atoms with Gasteiger partial charge in [0.2, 0.25) is 0 Å². The molecule has 0 unspecified atom stereocenters. The molecule has 0 atom stereocenters. The van der Waals surface area contributed by atoms with E-state index in [0.29, 0.717) is 5.52 Å². The smallest absolute Gasteiger partial charge is 0.323 e. The molecule has 0 bridgehead atoms. The SMILES string of the molecule is O=[N+]([O-])[O-].O=[N+]([O-])c1cc[n+]2ccccc2c1O. The maximum absolute atomic E-state index is 10.5. The minimum Gasteiger partial charge on any atom is -0.497 e. The molecule has 0 amide bonds. The third-order valence-corrected chi connectivity index (χ3v) is 1.96. The molecule has 0 aromatic carbocycles. The summed E-state index contributed by atoms with van der Waals surface area (Å²) in [5.41, 5.74) is 0.137. The van der Waals surface area contributed by atoms with E-state index in [1.165, 1.54) is 12.3 Å². The lowest BCUT2D eigenvalue weighted by Gasteiger charge is -1.95. The monoisotopic (exact) mass is 253 g/mol. The number of nitrogens with zero attached hydrogens (tertiary/aromatic N) is 3. The van der Waals surface area contributed by atoms with Crippen LogP contribution in [0.4, 0.5) is 5.69 Å². The average Bonchev–Trinajstić information content (AvgIpc) is 2.28. The van der Waals surface area contributed by atoms with E-state index >= 15 is 0 Å². The predicted octanol–water partition coefficient (Wildman–Crippen LogP) is 0.800. The Labute approximate surface area is 99.4 Å². The van der Waals surface area contributed by atoms with Crippen molar-refractivity contribution in [3.8, 4) is 5.75 Å². The lowest BCUT2D eigenvalue weighted by molar-refractivity contribution is -0.513. The normalized spacial score (nSPS) is 9.33. The van der Waals surface area contributed by atoms with Crippen LogP contribution in [0, 0.1) is 25.4 Å². The summed E-state index contributed by atoms with van der Waals surface area (Å²) in [6, 6.07) is 6.36. The molecular formula is C9H7N3O6. The first-order valence-corrected chi connectivity index (χ1v) is 4.51. The molecular weight excluding hydrogens is 246 g/mol. The minimum atomic E-state index is -1.75. The number of nitro groups is 1. The summed E-state index contributed by atoms with van der Waals surface area (Å²) in [4.78, 5) is 18.1. The molecule has 0 radical (unpaired) electrons. The summed E-state index contributed by atoms with van der Waals surface area (Å²) in [5, 5.41) is 34.8. The van der Waals surface area contributed by atoms with Crippen LogP contribution < -0.4 is 4.40 Å². The Morgan fingerprint density at radius 3 is 2.22 bits per heavy atom. The number of pyridine rings is 2. The highest BCUT2D eigenvalue weighted by molar-refractivity contribution is 5.62. The standard InChI is InChI=1S/C9H6N2O3.NO3/c12-9-7-3-1-2-5-10(7)6-4-8(9)11(13)14;2-1(3)4/h1-6H;/q;-1/p+1. The van der Waals surface area contributed by atoms with Crippen molar-refractivity contribution < 1.29 is 19.5 Å². The number of aromatic nitrogens is 1. The molecule has 2 aromatic rings. The molecule has 2 heterocycles. The highest BCUT2D eigenvalue weighted by Gasteiger charge is 2.20. The zero-order valence-electron chi connectivity index (χ0n) is 8.79. The van der Waals surface area contributed by atoms with Gasteiger partial charge in [0.1, 0.15) is 0 Å². The summed E-state index contributed by atoms with van der Waals surface area (Å²) >= 11 is 0. The molecule has 0 saturated heterocycles. The maximum Gasteiger partial charge on any atom is 0.323 e. The first-order valence-electron chi connectivity index (χ1n) is 4.51. The van der Waals surface area contributed by atoms with Crippen LogP contribution in [0.1, 0.15) is 0 Å². The Morgan fingerprint density at radius 1 is 1.06 bits per heavy atom. The summed E-state index contributed by atoms with van der Waals surface area (Å²) < 4.78 is 1.61. The maximum atomic E-state index is 10.5. The van der Waals surface area contributed by atoms with E-state index in [0.717, 1.165) is 0 Å². The average molecular weight is 253 g/mol. The lowest BCUT2D eigenvalue weighted by Crippen LogP contribution is -2.20. The fourth-order valence-corrected chi connectivity index (χ4v) is 1.30. The van der Waals surface area contributed by atoms with Gasteiger partial charge in [-0.15, -0.1) is 0 Å². The van der Waals surface area contributed by atoms with Crippen molar-refractivity contribution in [2.45, 2.75) is 0 Å². The van der Waals surface area contributed by atoms with Crippen LogP contribution in [-0.4, -0.2) is 15.1 Å². The van der Waals surface area contributed by atoms with E-state index in [9.17, 15) is 15.2 Å². The second kappa shape index (κ2) is 5.39. The fourth-order valence-electron chi connectivity index (χ4n) is 1.30. The van der Waals surface area contributed by atoms with Crippen LogP contribution in [-0.2, 0) is 0 Å². The van der Waals surface area contributed by atoms with Gasteiger partial charge in [-0.3, -0.25) is 10.1 Å². The van der Waals surface area contributed by atoms with Crippen LogP contribution in [0.3, 0.4) is 0 Å². The van der Waals surface area contributed by atoms with Gasteiger partial charge < -0.3 is 20.4 Å². The first kappa shape index (κ1) is 13.1. The van der Waals surface area contributed by atoms with Crippen molar-refractivity contribution in [2.24, 2.45) is 0 Å².